The minimum Gasteiger partial charge on any atom is -0.330 e. The van der Waals surface area contributed by atoms with Gasteiger partial charge in [0.25, 0.3) is 0 Å². The van der Waals surface area contributed by atoms with E-state index in [1.807, 2.05) is 30.3 Å². The molecular formula is C16H16F3N. The second-order valence-corrected chi connectivity index (χ2v) is 4.74. The van der Waals surface area contributed by atoms with Crippen LogP contribution in [0.25, 0.3) is 0 Å². The minimum absolute atomic E-state index is 0.118. The molecule has 0 aliphatic heterocycles. The lowest BCUT2D eigenvalue weighted by atomic mass is 9.92. The summed E-state index contributed by atoms with van der Waals surface area (Å²) in [7, 11) is 0. The molecule has 0 bridgehead atoms. The molecule has 2 N–H and O–H groups in total. The lowest BCUT2D eigenvalue weighted by molar-refractivity contribution is -0.137. The Morgan fingerprint density at radius 3 is 2.00 bits per heavy atom. The fourth-order valence-electron chi connectivity index (χ4n) is 2.18. The van der Waals surface area contributed by atoms with Gasteiger partial charge in [-0.2, -0.15) is 13.2 Å². The highest BCUT2D eigenvalue weighted by molar-refractivity contribution is 5.28. The lowest BCUT2D eigenvalue weighted by Crippen LogP contribution is -2.15. The Balaban J connectivity index is 2.13. The lowest BCUT2D eigenvalue weighted by Gasteiger charge is -2.16. The number of rotatable bonds is 4. The van der Waals surface area contributed by atoms with Crippen LogP contribution in [0.15, 0.2) is 54.6 Å². The van der Waals surface area contributed by atoms with E-state index in [-0.39, 0.29) is 5.92 Å². The van der Waals surface area contributed by atoms with E-state index in [1.165, 1.54) is 12.1 Å². The molecule has 106 valence electrons. The van der Waals surface area contributed by atoms with E-state index in [0.717, 1.165) is 23.3 Å². The molecule has 1 nitrogen and oxygen atoms in total. The molecule has 0 radical (unpaired) electrons. The maximum Gasteiger partial charge on any atom is 0.416 e. The highest BCUT2D eigenvalue weighted by Crippen LogP contribution is 2.29. The Morgan fingerprint density at radius 2 is 1.50 bits per heavy atom. The Labute approximate surface area is 116 Å². The van der Waals surface area contributed by atoms with Crippen molar-refractivity contribution in [2.24, 2.45) is 5.73 Å². The molecule has 1 unspecified atom stereocenters. The molecule has 1 atom stereocenters. The summed E-state index contributed by atoms with van der Waals surface area (Å²) in [5, 5.41) is 0. The van der Waals surface area contributed by atoms with Gasteiger partial charge in [0.05, 0.1) is 5.56 Å². The molecule has 0 aromatic heterocycles. The Morgan fingerprint density at radius 1 is 0.900 bits per heavy atom. The normalized spacial score (nSPS) is 13.2. The van der Waals surface area contributed by atoms with Gasteiger partial charge in [-0.25, -0.2) is 0 Å². The molecule has 0 aliphatic rings. The van der Waals surface area contributed by atoms with Crippen LogP contribution in [0, 0.1) is 0 Å². The number of alkyl halides is 3. The zero-order valence-corrected chi connectivity index (χ0v) is 10.9. The van der Waals surface area contributed by atoms with Crippen molar-refractivity contribution in [3.63, 3.8) is 0 Å². The van der Waals surface area contributed by atoms with Crippen LogP contribution in [0.3, 0.4) is 0 Å². The van der Waals surface area contributed by atoms with Crippen LogP contribution in [-0.4, -0.2) is 6.54 Å². The van der Waals surface area contributed by atoms with Crippen molar-refractivity contribution in [3.8, 4) is 0 Å². The number of halogens is 3. The van der Waals surface area contributed by atoms with Gasteiger partial charge in [-0.05, 0) is 36.2 Å². The first-order valence-corrected chi connectivity index (χ1v) is 6.42. The van der Waals surface area contributed by atoms with Gasteiger partial charge < -0.3 is 5.73 Å². The Kier molecular flexibility index (Phi) is 4.45. The van der Waals surface area contributed by atoms with Crippen molar-refractivity contribution in [1.82, 2.24) is 0 Å². The first kappa shape index (κ1) is 14.6. The maximum atomic E-state index is 12.5. The van der Waals surface area contributed by atoms with Gasteiger partial charge in [0.1, 0.15) is 0 Å². The first-order chi connectivity index (χ1) is 9.50. The van der Waals surface area contributed by atoms with Crippen LogP contribution < -0.4 is 5.73 Å². The fraction of sp³-hybridized carbons (Fsp3) is 0.250. The quantitative estimate of drug-likeness (QED) is 0.899. The van der Waals surface area contributed by atoms with Crippen LogP contribution >= 0.6 is 0 Å². The van der Waals surface area contributed by atoms with Crippen LogP contribution in [0.1, 0.15) is 22.6 Å². The van der Waals surface area contributed by atoms with Crippen molar-refractivity contribution in [3.05, 3.63) is 71.3 Å². The van der Waals surface area contributed by atoms with E-state index in [1.54, 1.807) is 0 Å². The van der Waals surface area contributed by atoms with E-state index >= 15 is 0 Å². The average Bonchev–Trinajstić information content (AvgIpc) is 2.45. The first-order valence-electron chi connectivity index (χ1n) is 6.42. The molecule has 2 aromatic carbocycles. The maximum absolute atomic E-state index is 12.5. The second kappa shape index (κ2) is 6.09. The molecule has 0 fully saturated rings. The molecule has 20 heavy (non-hydrogen) atoms. The Bertz CT molecular complexity index is 532. The Hall–Kier alpha value is -1.81. The summed E-state index contributed by atoms with van der Waals surface area (Å²) in [5.74, 6) is 0.118. The summed E-state index contributed by atoms with van der Waals surface area (Å²) in [4.78, 5) is 0. The summed E-state index contributed by atoms with van der Waals surface area (Å²) in [5.41, 5.74) is 7.12. The summed E-state index contributed by atoms with van der Waals surface area (Å²) < 4.78 is 37.5. The van der Waals surface area contributed by atoms with Gasteiger partial charge in [-0.3, -0.25) is 0 Å². The van der Waals surface area contributed by atoms with Crippen LogP contribution in [-0.2, 0) is 12.6 Å². The summed E-state index contributed by atoms with van der Waals surface area (Å²) in [6.07, 6.45) is -3.65. The van der Waals surface area contributed by atoms with Gasteiger partial charge in [-0.15, -0.1) is 0 Å². The predicted molar refractivity (Wildman–Crippen MR) is 73.4 cm³/mol. The van der Waals surface area contributed by atoms with E-state index < -0.39 is 11.7 Å². The van der Waals surface area contributed by atoms with E-state index in [2.05, 4.69) is 0 Å². The third-order valence-corrected chi connectivity index (χ3v) is 3.32. The third kappa shape index (κ3) is 3.61. The van der Waals surface area contributed by atoms with Crippen molar-refractivity contribution in [2.45, 2.75) is 18.5 Å². The standard InChI is InChI=1S/C16H16F3N/c17-16(18,19)15-8-6-12(7-9-15)10-14(11-20)13-4-2-1-3-5-13/h1-9,14H,10-11,20H2. The van der Waals surface area contributed by atoms with Crippen LogP contribution in [0.2, 0.25) is 0 Å². The van der Waals surface area contributed by atoms with Gasteiger partial charge in [0, 0.05) is 5.92 Å². The van der Waals surface area contributed by atoms with Crippen molar-refractivity contribution >= 4 is 0 Å². The van der Waals surface area contributed by atoms with Gasteiger partial charge in [0.15, 0.2) is 0 Å². The largest absolute Gasteiger partial charge is 0.416 e. The molecule has 4 heteroatoms. The van der Waals surface area contributed by atoms with E-state index in [0.29, 0.717) is 13.0 Å². The van der Waals surface area contributed by atoms with Crippen molar-refractivity contribution in [2.75, 3.05) is 6.54 Å². The average molecular weight is 279 g/mol. The zero-order valence-electron chi connectivity index (χ0n) is 10.9. The van der Waals surface area contributed by atoms with Crippen LogP contribution in [0.4, 0.5) is 13.2 Å². The number of hydrogen-bond acceptors (Lipinski definition) is 1. The van der Waals surface area contributed by atoms with E-state index in [4.69, 9.17) is 5.73 Å². The van der Waals surface area contributed by atoms with Crippen molar-refractivity contribution in [1.29, 1.82) is 0 Å². The molecule has 0 aliphatic carbocycles. The fourth-order valence-corrected chi connectivity index (χ4v) is 2.18. The third-order valence-electron chi connectivity index (χ3n) is 3.32. The SMILES string of the molecule is NCC(Cc1ccc(C(F)(F)F)cc1)c1ccccc1. The molecule has 0 saturated carbocycles. The smallest absolute Gasteiger partial charge is 0.330 e. The zero-order chi connectivity index (χ0) is 14.6. The molecule has 0 saturated heterocycles. The second-order valence-electron chi connectivity index (χ2n) is 4.74. The molecule has 2 rings (SSSR count). The number of benzene rings is 2. The summed E-state index contributed by atoms with van der Waals surface area (Å²) >= 11 is 0. The van der Waals surface area contributed by atoms with Gasteiger partial charge >= 0.3 is 6.18 Å². The molecule has 0 spiro atoms. The highest BCUT2D eigenvalue weighted by atomic mass is 19.4. The minimum atomic E-state index is -4.29. The molecule has 0 heterocycles. The topological polar surface area (TPSA) is 26.0 Å². The number of hydrogen-bond donors (Lipinski definition) is 1. The number of nitrogens with two attached hydrogens (primary N) is 1. The molecule has 2 aromatic rings. The highest BCUT2D eigenvalue weighted by Gasteiger charge is 2.29. The van der Waals surface area contributed by atoms with Gasteiger partial charge in [-0.1, -0.05) is 42.5 Å². The van der Waals surface area contributed by atoms with Crippen molar-refractivity contribution < 1.29 is 13.2 Å². The predicted octanol–water partition coefficient (Wildman–Crippen LogP) is 3.99. The monoisotopic (exact) mass is 279 g/mol. The molecule has 0 amide bonds. The summed E-state index contributed by atoms with van der Waals surface area (Å²) in [6, 6.07) is 15.1. The van der Waals surface area contributed by atoms with Gasteiger partial charge in [0.2, 0.25) is 0 Å². The van der Waals surface area contributed by atoms with E-state index in [9.17, 15) is 13.2 Å². The molecular weight excluding hydrogens is 263 g/mol. The van der Waals surface area contributed by atoms with Crippen LogP contribution in [0.5, 0.6) is 0 Å². The summed E-state index contributed by atoms with van der Waals surface area (Å²) in [6.45, 7) is 0.463.